The van der Waals surface area contributed by atoms with E-state index in [1.807, 2.05) is 24.3 Å². The minimum atomic E-state index is -0.300. The smallest absolute Gasteiger partial charge is 0.402 e. The predicted octanol–water partition coefficient (Wildman–Crippen LogP) is 2.82. The Morgan fingerprint density at radius 1 is 1.18 bits per heavy atom. The highest BCUT2D eigenvalue weighted by Gasteiger charge is 2.67. The van der Waals surface area contributed by atoms with Crippen LogP contribution in [0.15, 0.2) is 24.3 Å². The Labute approximate surface area is 132 Å². The van der Waals surface area contributed by atoms with Crippen LogP contribution in [-0.4, -0.2) is 24.6 Å². The van der Waals surface area contributed by atoms with Crippen molar-refractivity contribution in [2.24, 2.45) is 17.3 Å². The fourth-order valence-electron chi connectivity index (χ4n) is 4.88. The molecule has 116 valence electrons. The van der Waals surface area contributed by atoms with Crippen LogP contribution in [0.3, 0.4) is 0 Å². The fraction of sp³-hybridized carbons (Fsp3) is 0.611. The first kappa shape index (κ1) is 14.5. The van der Waals surface area contributed by atoms with Gasteiger partial charge in [-0.15, -0.1) is 0 Å². The summed E-state index contributed by atoms with van der Waals surface area (Å²) in [5, 5.41) is 0. The number of hydrogen-bond donors (Lipinski definition) is 0. The second-order valence-corrected chi connectivity index (χ2v) is 7.98. The summed E-state index contributed by atoms with van der Waals surface area (Å²) in [5.74, 6) is 1.42. The number of carbonyl (C=O) groups is 1. The van der Waals surface area contributed by atoms with Crippen LogP contribution >= 0.6 is 0 Å². The van der Waals surface area contributed by atoms with Crippen molar-refractivity contribution in [1.29, 1.82) is 0 Å². The van der Waals surface area contributed by atoms with Crippen LogP contribution in [0.2, 0.25) is 0 Å². The van der Waals surface area contributed by atoms with E-state index in [0.29, 0.717) is 11.3 Å². The number of benzene rings is 1. The van der Waals surface area contributed by atoms with Crippen molar-refractivity contribution in [2.75, 3.05) is 0 Å². The SMILES string of the molecule is CC(=O)c1ccc(B2OC3CC4CC(C4(C)C)C3(C)O2)cc1. The van der Waals surface area contributed by atoms with Gasteiger partial charge in [0.25, 0.3) is 0 Å². The van der Waals surface area contributed by atoms with E-state index < -0.39 is 0 Å². The highest BCUT2D eigenvalue weighted by Crippen LogP contribution is 2.65. The second kappa shape index (κ2) is 4.45. The maximum Gasteiger partial charge on any atom is 0.494 e. The van der Waals surface area contributed by atoms with E-state index in [-0.39, 0.29) is 24.6 Å². The molecule has 3 aliphatic carbocycles. The molecule has 1 aromatic carbocycles. The highest BCUT2D eigenvalue weighted by molar-refractivity contribution is 6.62. The first-order valence-electron chi connectivity index (χ1n) is 8.26. The Kier molecular flexibility index (Phi) is 2.93. The Balaban J connectivity index is 1.58. The van der Waals surface area contributed by atoms with Crippen LogP contribution in [0, 0.1) is 17.3 Å². The van der Waals surface area contributed by atoms with Crippen molar-refractivity contribution in [2.45, 2.75) is 52.2 Å². The summed E-state index contributed by atoms with van der Waals surface area (Å²) < 4.78 is 12.7. The van der Waals surface area contributed by atoms with E-state index in [1.54, 1.807) is 6.92 Å². The second-order valence-electron chi connectivity index (χ2n) is 7.98. The number of ketones is 1. The molecule has 0 amide bonds. The first-order chi connectivity index (χ1) is 10.3. The summed E-state index contributed by atoms with van der Waals surface area (Å²) in [4.78, 5) is 11.4. The molecular weight excluding hydrogens is 275 g/mol. The topological polar surface area (TPSA) is 35.5 Å². The first-order valence-corrected chi connectivity index (χ1v) is 8.26. The lowest BCUT2D eigenvalue weighted by atomic mass is 9.43. The van der Waals surface area contributed by atoms with Gasteiger partial charge in [-0.25, -0.2) is 0 Å². The molecule has 0 aromatic heterocycles. The molecule has 1 heterocycles. The van der Waals surface area contributed by atoms with Crippen LogP contribution in [-0.2, 0) is 9.31 Å². The summed E-state index contributed by atoms with van der Waals surface area (Å²) in [6.45, 7) is 8.54. The number of carbonyl (C=O) groups excluding carboxylic acids is 1. The van der Waals surface area contributed by atoms with Gasteiger partial charge in [0.15, 0.2) is 5.78 Å². The summed E-state index contributed by atoms with van der Waals surface area (Å²) in [6, 6.07) is 7.63. The Hall–Kier alpha value is -1.13. The average molecular weight is 298 g/mol. The van der Waals surface area contributed by atoms with Gasteiger partial charge in [-0.1, -0.05) is 38.1 Å². The van der Waals surface area contributed by atoms with E-state index in [1.165, 1.54) is 6.42 Å². The lowest BCUT2D eigenvalue weighted by Crippen LogP contribution is -2.65. The van der Waals surface area contributed by atoms with Crippen LogP contribution in [0.25, 0.3) is 0 Å². The Morgan fingerprint density at radius 3 is 2.45 bits per heavy atom. The van der Waals surface area contributed by atoms with Gasteiger partial charge >= 0.3 is 7.12 Å². The summed E-state index contributed by atoms with van der Waals surface area (Å²) in [7, 11) is -0.300. The standard InChI is InChI=1S/C18H23BO3/c1-11(20)12-5-7-14(8-6-12)19-21-16-10-13-9-15(17(13,2)3)18(16,4)22-19/h5-8,13,15-16H,9-10H2,1-4H3. The molecule has 4 unspecified atom stereocenters. The largest absolute Gasteiger partial charge is 0.494 e. The van der Waals surface area contributed by atoms with E-state index in [9.17, 15) is 4.79 Å². The third-order valence-corrected chi connectivity index (χ3v) is 6.54. The van der Waals surface area contributed by atoms with Gasteiger partial charge in [0.2, 0.25) is 0 Å². The van der Waals surface area contributed by atoms with E-state index in [4.69, 9.17) is 9.31 Å². The monoisotopic (exact) mass is 298 g/mol. The molecule has 4 atom stereocenters. The van der Waals surface area contributed by atoms with Crippen LogP contribution in [0.1, 0.15) is 50.9 Å². The molecule has 3 nitrogen and oxygen atoms in total. The maximum absolute atomic E-state index is 11.4. The summed E-state index contributed by atoms with van der Waals surface area (Å²) in [6.07, 6.45) is 2.56. The van der Waals surface area contributed by atoms with Crippen molar-refractivity contribution in [1.82, 2.24) is 0 Å². The molecule has 1 aromatic rings. The van der Waals surface area contributed by atoms with Crippen LogP contribution in [0.4, 0.5) is 0 Å². The van der Waals surface area contributed by atoms with Gasteiger partial charge in [-0.2, -0.15) is 0 Å². The lowest BCUT2D eigenvalue weighted by molar-refractivity contribution is -0.199. The molecule has 1 aliphatic heterocycles. The van der Waals surface area contributed by atoms with Crippen molar-refractivity contribution >= 4 is 18.4 Å². The Bertz CT molecular complexity index is 624. The quantitative estimate of drug-likeness (QED) is 0.622. The molecule has 4 fully saturated rings. The van der Waals surface area contributed by atoms with Gasteiger partial charge in [0, 0.05) is 5.56 Å². The minimum Gasteiger partial charge on any atom is -0.402 e. The van der Waals surface area contributed by atoms with Gasteiger partial charge in [-0.3, -0.25) is 4.79 Å². The zero-order valence-corrected chi connectivity index (χ0v) is 13.8. The highest BCUT2D eigenvalue weighted by atomic mass is 16.7. The summed E-state index contributed by atoms with van der Waals surface area (Å²) in [5.41, 5.74) is 1.92. The Morgan fingerprint density at radius 2 is 1.86 bits per heavy atom. The molecule has 3 saturated carbocycles. The molecular formula is C18H23BO3. The van der Waals surface area contributed by atoms with Crippen molar-refractivity contribution in [3.05, 3.63) is 29.8 Å². The number of hydrogen-bond acceptors (Lipinski definition) is 3. The molecule has 1 saturated heterocycles. The third kappa shape index (κ3) is 1.80. The normalized spacial score (nSPS) is 38.4. The lowest BCUT2D eigenvalue weighted by Gasteiger charge is -2.64. The molecule has 0 spiro atoms. The molecule has 0 N–H and O–H groups in total. The van der Waals surface area contributed by atoms with Gasteiger partial charge in [-0.05, 0) is 49.4 Å². The predicted molar refractivity (Wildman–Crippen MR) is 86.2 cm³/mol. The van der Waals surface area contributed by atoms with Crippen molar-refractivity contribution in [3.63, 3.8) is 0 Å². The number of Topliss-reactive ketones (excluding diaryl/α,β-unsaturated/α-hetero) is 1. The number of rotatable bonds is 2. The van der Waals surface area contributed by atoms with E-state index in [0.717, 1.165) is 23.4 Å². The fourth-order valence-corrected chi connectivity index (χ4v) is 4.88. The zero-order chi connectivity index (χ0) is 15.7. The molecule has 22 heavy (non-hydrogen) atoms. The average Bonchev–Trinajstić information content (AvgIpc) is 2.84. The van der Waals surface area contributed by atoms with Crippen LogP contribution in [0.5, 0.6) is 0 Å². The summed E-state index contributed by atoms with van der Waals surface area (Å²) >= 11 is 0. The third-order valence-electron chi connectivity index (χ3n) is 6.54. The van der Waals surface area contributed by atoms with Gasteiger partial charge < -0.3 is 9.31 Å². The van der Waals surface area contributed by atoms with E-state index >= 15 is 0 Å². The molecule has 4 aliphatic rings. The molecule has 5 rings (SSSR count). The molecule has 2 bridgehead atoms. The van der Waals surface area contributed by atoms with Crippen LogP contribution < -0.4 is 5.46 Å². The van der Waals surface area contributed by atoms with Crippen molar-refractivity contribution < 1.29 is 14.1 Å². The zero-order valence-electron chi connectivity index (χ0n) is 13.8. The minimum absolute atomic E-state index is 0.0861. The van der Waals surface area contributed by atoms with Crippen molar-refractivity contribution in [3.8, 4) is 0 Å². The molecule has 4 heteroatoms. The van der Waals surface area contributed by atoms with Gasteiger partial charge in [0.1, 0.15) is 0 Å². The van der Waals surface area contributed by atoms with Gasteiger partial charge in [0.05, 0.1) is 11.7 Å². The molecule has 0 radical (unpaired) electrons. The van der Waals surface area contributed by atoms with E-state index in [2.05, 4.69) is 20.8 Å². The maximum atomic E-state index is 11.4.